The molecule has 2 aromatic carbocycles. The predicted molar refractivity (Wildman–Crippen MR) is 153 cm³/mol. The van der Waals surface area contributed by atoms with E-state index < -0.39 is 35.2 Å². The van der Waals surface area contributed by atoms with Crippen molar-refractivity contribution in [1.82, 2.24) is 15.5 Å². The van der Waals surface area contributed by atoms with E-state index in [2.05, 4.69) is 10.6 Å². The number of amides is 3. The lowest BCUT2D eigenvalue weighted by atomic mass is 9.89. The van der Waals surface area contributed by atoms with Gasteiger partial charge in [-0.25, -0.2) is 4.79 Å². The summed E-state index contributed by atoms with van der Waals surface area (Å²) in [6.07, 6.45) is -0.0250. The molecule has 39 heavy (non-hydrogen) atoms. The van der Waals surface area contributed by atoms with Crippen LogP contribution in [0, 0.1) is 6.92 Å². The number of phenols is 1. The van der Waals surface area contributed by atoms with Crippen molar-refractivity contribution in [2.45, 2.75) is 104 Å². The molecule has 0 aliphatic carbocycles. The van der Waals surface area contributed by atoms with Gasteiger partial charge in [0.05, 0.1) is 0 Å². The number of rotatable bonds is 10. The third-order valence-electron chi connectivity index (χ3n) is 6.54. The van der Waals surface area contributed by atoms with E-state index in [0.29, 0.717) is 12.0 Å². The van der Waals surface area contributed by atoms with Crippen LogP contribution in [0.5, 0.6) is 5.75 Å². The minimum absolute atomic E-state index is 0.0976. The molecule has 0 aromatic heterocycles. The van der Waals surface area contributed by atoms with E-state index in [0.717, 1.165) is 11.1 Å². The molecule has 3 N–H and O–H groups in total. The molecule has 2 rings (SSSR count). The van der Waals surface area contributed by atoms with Crippen LogP contribution in [0.1, 0.15) is 84.5 Å². The lowest BCUT2D eigenvalue weighted by Crippen LogP contribution is -2.60. The van der Waals surface area contributed by atoms with Gasteiger partial charge in [-0.05, 0) is 90.6 Å². The van der Waals surface area contributed by atoms with Gasteiger partial charge in [0.2, 0.25) is 11.8 Å². The van der Waals surface area contributed by atoms with E-state index in [9.17, 15) is 19.5 Å². The van der Waals surface area contributed by atoms with E-state index >= 15 is 0 Å². The SMILES string of the molecule is CCC(C)(C)N(C(=O)C(Cc1ccc(O)cc1)NC(=O)OC(C)(C)C)C(C(=O)NC(C)C)c1ccccc1C. The highest BCUT2D eigenvalue weighted by atomic mass is 16.6. The zero-order chi connectivity index (χ0) is 29.5. The van der Waals surface area contributed by atoms with Gasteiger partial charge in [0, 0.05) is 18.0 Å². The maximum absolute atomic E-state index is 14.6. The summed E-state index contributed by atoms with van der Waals surface area (Å²) in [4.78, 5) is 42.9. The van der Waals surface area contributed by atoms with Crippen LogP contribution in [-0.2, 0) is 20.7 Å². The third-order valence-corrected chi connectivity index (χ3v) is 6.54. The maximum Gasteiger partial charge on any atom is 0.408 e. The van der Waals surface area contributed by atoms with Crippen LogP contribution >= 0.6 is 0 Å². The smallest absolute Gasteiger partial charge is 0.408 e. The molecule has 0 bridgehead atoms. The molecule has 0 heterocycles. The summed E-state index contributed by atoms with van der Waals surface area (Å²) in [6, 6.07) is 11.9. The largest absolute Gasteiger partial charge is 0.508 e. The fourth-order valence-corrected chi connectivity index (χ4v) is 4.29. The van der Waals surface area contributed by atoms with Crippen LogP contribution in [0.2, 0.25) is 0 Å². The molecular weight excluding hydrogens is 494 g/mol. The van der Waals surface area contributed by atoms with Crippen molar-refractivity contribution in [3.63, 3.8) is 0 Å². The third kappa shape index (κ3) is 9.01. The lowest BCUT2D eigenvalue weighted by Gasteiger charge is -2.45. The minimum Gasteiger partial charge on any atom is -0.508 e. The quantitative estimate of drug-likeness (QED) is 0.374. The molecule has 0 saturated carbocycles. The molecule has 0 fully saturated rings. The normalized spacial score (nSPS) is 13.4. The van der Waals surface area contributed by atoms with Crippen molar-refractivity contribution in [3.8, 4) is 5.75 Å². The predicted octanol–water partition coefficient (Wildman–Crippen LogP) is 5.42. The number of aromatic hydroxyl groups is 1. The van der Waals surface area contributed by atoms with Crippen molar-refractivity contribution < 1.29 is 24.2 Å². The number of nitrogens with one attached hydrogen (secondary N) is 2. The number of carbonyl (C=O) groups excluding carboxylic acids is 3. The number of benzene rings is 2. The van der Waals surface area contributed by atoms with Crippen LogP contribution < -0.4 is 10.6 Å². The van der Waals surface area contributed by atoms with Gasteiger partial charge in [0.1, 0.15) is 23.4 Å². The topological polar surface area (TPSA) is 108 Å². The summed E-state index contributed by atoms with van der Waals surface area (Å²) >= 11 is 0. The standard InChI is InChI=1S/C31H45N3O5/c1-10-31(8,9)34(26(27(36)32-20(2)3)24-14-12-11-13-21(24)4)28(37)25(33-29(38)39-30(5,6)7)19-22-15-17-23(35)18-16-22/h11-18,20,25-26,35H,10,19H2,1-9H3,(H,32,36)(H,33,38). The average molecular weight is 540 g/mol. The Labute approximate surface area is 233 Å². The molecule has 3 amide bonds. The first-order chi connectivity index (χ1) is 18.1. The Morgan fingerprint density at radius 2 is 1.54 bits per heavy atom. The summed E-state index contributed by atoms with van der Waals surface area (Å²) in [7, 11) is 0. The van der Waals surface area contributed by atoms with Gasteiger partial charge in [-0.3, -0.25) is 9.59 Å². The fourth-order valence-electron chi connectivity index (χ4n) is 4.29. The first-order valence-corrected chi connectivity index (χ1v) is 13.5. The molecule has 8 nitrogen and oxygen atoms in total. The number of alkyl carbamates (subject to hydrolysis) is 1. The molecule has 2 atom stereocenters. The zero-order valence-electron chi connectivity index (χ0n) is 24.8. The Bertz CT molecular complexity index is 1140. The summed E-state index contributed by atoms with van der Waals surface area (Å²) < 4.78 is 5.49. The van der Waals surface area contributed by atoms with Crippen LogP contribution in [0.4, 0.5) is 4.79 Å². The Morgan fingerprint density at radius 1 is 0.949 bits per heavy atom. The highest BCUT2D eigenvalue weighted by molar-refractivity contribution is 5.93. The Balaban J connectivity index is 2.67. The molecule has 0 aliphatic rings. The van der Waals surface area contributed by atoms with Crippen molar-refractivity contribution in [2.24, 2.45) is 0 Å². The first kappa shape index (κ1) is 31.7. The van der Waals surface area contributed by atoms with Crippen molar-refractivity contribution >= 4 is 17.9 Å². The molecule has 0 radical (unpaired) electrons. The van der Waals surface area contributed by atoms with E-state index in [-0.39, 0.29) is 24.1 Å². The Hall–Kier alpha value is -3.55. The number of hydrogen-bond donors (Lipinski definition) is 3. The molecule has 2 aromatic rings. The van der Waals surface area contributed by atoms with Gasteiger partial charge < -0.3 is 25.4 Å². The van der Waals surface area contributed by atoms with Gasteiger partial charge in [-0.2, -0.15) is 0 Å². The van der Waals surface area contributed by atoms with Crippen LogP contribution in [0.3, 0.4) is 0 Å². The number of carbonyl (C=O) groups is 3. The molecule has 0 aliphatic heterocycles. The number of ether oxygens (including phenoxy) is 1. The molecular formula is C31H45N3O5. The van der Waals surface area contributed by atoms with Crippen molar-refractivity contribution in [3.05, 3.63) is 65.2 Å². The lowest BCUT2D eigenvalue weighted by molar-refractivity contribution is -0.149. The number of phenolic OH excluding ortho intramolecular Hbond substituents is 1. The highest BCUT2D eigenvalue weighted by Crippen LogP contribution is 2.34. The average Bonchev–Trinajstić information content (AvgIpc) is 2.82. The summed E-state index contributed by atoms with van der Waals surface area (Å²) in [6.45, 7) is 16.7. The van der Waals surface area contributed by atoms with Gasteiger partial charge in [-0.1, -0.05) is 43.3 Å². The number of aryl methyl sites for hydroxylation is 1. The molecule has 8 heteroatoms. The Morgan fingerprint density at radius 3 is 2.05 bits per heavy atom. The zero-order valence-corrected chi connectivity index (χ0v) is 24.8. The van der Waals surface area contributed by atoms with Crippen molar-refractivity contribution in [2.75, 3.05) is 0 Å². The summed E-state index contributed by atoms with van der Waals surface area (Å²) in [5.74, 6) is -0.608. The molecule has 2 unspecified atom stereocenters. The van der Waals surface area contributed by atoms with Gasteiger partial charge in [0.15, 0.2) is 0 Å². The number of hydrogen-bond acceptors (Lipinski definition) is 5. The van der Waals surface area contributed by atoms with E-state index in [1.54, 1.807) is 37.8 Å². The first-order valence-electron chi connectivity index (χ1n) is 13.5. The fraction of sp³-hybridized carbons (Fsp3) is 0.516. The molecule has 0 saturated heterocycles. The van der Waals surface area contributed by atoms with Crippen LogP contribution in [0.15, 0.2) is 48.5 Å². The van der Waals surface area contributed by atoms with Crippen molar-refractivity contribution in [1.29, 1.82) is 0 Å². The molecule has 0 spiro atoms. The van der Waals surface area contributed by atoms with Gasteiger partial charge in [0.25, 0.3) is 0 Å². The minimum atomic E-state index is -1.03. The van der Waals surface area contributed by atoms with E-state index in [1.807, 2.05) is 65.8 Å². The van der Waals surface area contributed by atoms with E-state index in [1.165, 1.54) is 12.1 Å². The van der Waals surface area contributed by atoms with Gasteiger partial charge in [-0.15, -0.1) is 0 Å². The summed E-state index contributed by atoms with van der Waals surface area (Å²) in [5, 5.41) is 15.5. The second kappa shape index (κ2) is 13.0. The van der Waals surface area contributed by atoms with Crippen LogP contribution in [-0.4, -0.2) is 51.1 Å². The number of nitrogens with zero attached hydrogens (tertiary/aromatic N) is 1. The van der Waals surface area contributed by atoms with Gasteiger partial charge >= 0.3 is 6.09 Å². The van der Waals surface area contributed by atoms with E-state index in [4.69, 9.17) is 4.74 Å². The highest BCUT2D eigenvalue weighted by Gasteiger charge is 2.43. The Kier molecular flexibility index (Phi) is 10.6. The molecule has 214 valence electrons. The second-order valence-electron chi connectivity index (χ2n) is 11.9. The second-order valence-corrected chi connectivity index (χ2v) is 11.9. The monoisotopic (exact) mass is 539 g/mol. The van der Waals surface area contributed by atoms with Crippen LogP contribution in [0.25, 0.3) is 0 Å². The summed E-state index contributed by atoms with van der Waals surface area (Å²) in [5.41, 5.74) is 0.809. The maximum atomic E-state index is 14.6.